The maximum Gasteiger partial charge on any atom is 0.232 e. The number of fused-ring (bicyclic) bond motifs is 2. The highest BCUT2D eigenvalue weighted by Crippen LogP contribution is 2.44. The number of hydrogen-bond donors (Lipinski definition) is 2. The van der Waals surface area contributed by atoms with Crippen molar-refractivity contribution in [1.29, 1.82) is 0 Å². The summed E-state index contributed by atoms with van der Waals surface area (Å²) < 4.78 is 15.9. The average molecular weight is 298 g/mol. The number of phenols is 2. The van der Waals surface area contributed by atoms with Gasteiger partial charge in [0, 0.05) is 0 Å². The van der Waals surface area contributed by atoms with Crippen LogP contribution in [0.25, 0.3) is 6.08 Å². The SMILES string of the molecule is O=C1/C(=C/c2ccc3c(c2)OCO3)Oc2c1ccc(O)c2O. The van der Waals surface area contributed by atoms with Crippen molar-refractivity contribution < 1.29 is 29.2 Å². The van der Waals surface area contributed by atoms with E-state index >= 15 is 0 Å². The van der Waals surface area contributed by atoms with Gasteiger partial charge in [0.15, 0.2) is 28.8 Å². The monoisotopic (exact) mass is 298 g/mol. The summed E-state index contributed by atoms with van der Waals surface area (Å²) in [5, 5.41) is 19.2. The Morgan fingerprint density at radius 3 is 2.73 bits per heavy atom. The minimum atomic E-state index is -0.445. The van der Waals surface area contributed by atoms with Gasteiger partial charge >= 0.3 is 0 Å². The van der Waals surface area contributed by atoms with Crippen molar-refractivity contribution in [3.63, 3.8) is 0 Å². The molecule has 2 aromatic rings. The first-order chi connectivity index (χ1) is 10.6. The smallest absolute Gasteiger partial charge is 0.232 e. The molecule has 4 rings (SSSR count). The molecular weight excluding hydrogens is 288 g/mol. The van der Waals surface area contributed by atoms with E-state index < -0.39 is 5.75 Å². The molecule has 110 valence electrons. The van der Waals surface area contributed by atoms with Crippen molar-refractivity contribution >= 4 is 11.9 Å². The third-order valence-electron chi connectivity index (χ3n) is 3.49. The molecule has 0 radical (unpaired) electrons. The quantitative estimate of drug-likeness (QED) is 0.621. The number of carbonyl (C=O) groups excluding carboxylic acids is 1. The summed E-state index contributed by atoms with van der Waals surface area (Å²) in [4.78, 5) is 12.3. The van der Waals surface area contributed by atoms with E-state index in [-0.39, 0.29) is 35.4 Å². The highest BCUT2D eigenvalue weighted by molar-refractivity contribution is 6.15. The van der Waals surface area contributed by atoms with Gasteiger partial charge in [-0.3, -0.25) is 4.79 Å². The van der Waals surface area contributed by atoms with Gasteiger partial charge < -0.3 is 24.4 Å². The zero-order valence-corrected chi connectivity index (χ0v) is 11.2. The largest absolute Gasteiger partial charge is 0.504 e. The predicted octanol–water partition coefficient (Wildman–Crippen LogP) is 2.44. The van der Waals surface area contributed by atoms with Gasteiger partial charge in [0.2, 0.25) is 18.3 Å². The molecule has 0 saturated carbocycles. The second-order valence-corrected chi connectivity index (χ2v) is 4.86. The minimum Gasteiger partial charge on any atom is -0.504 e. The van der Waals surface area contributed by atoms with Crippen LogP contribution in [0.1, 0.15) is 15.9 Å². The fourth-order valence-corrected chi connectivity index (χ4v) is 2.38. The molecule has 2 aliphatic rings. The number of Topliss-reactive ketones (excluding diaryl/α,β-unsaturated/α-hetero) is 1. The molecule has 0 unspecified atom stereocenters. The average Bonchev–Trinajstić information content (AvgIpc) is 3.09. The number of allylic oxidation sites excluding steroid dienone is 1. The Morgan fingerprint density at radius 1 is 1.05 bits per heavy atom. The van der Waals surface area contributed by atoms with E-state index in [0.717, 1.165) is 0 Å². The lowest BCUT2D eigenvalue weighted by Gasteiger charge is -2.02. The normalized spacial score (nSPS) is 16.7. The number of ketones is 1. The number of hydrogen-bond acceptors (Lipinski definition) is 6. The first-order valence-corrected chi connectivity index (χ1v) is 6.52. The topological polar surface area (TPSA) is 85.2 Å². The van der Waals surface area contributed by atoms with Crippen molar-refractivity contribution in [1.82, 2.24) is 0 Å². The fraction of sp³-hybridized carbons (Fsp3) is 0.0625. The predicted molar refractivity (Wildman–Crippen MR) is 75.3 cm³/mol. The van der Waals surface area contributed by atoms with Gasteiger partial charge in [0.05, 0.1) is 5.56 Å². The van der Waals surface area contributed by atoms with Crippen molar-refractivity contribution in [2.75, 3.05) is 6.79 Å². The van der Waals surface area contributed by atoms with Crippen LogP contribution in [-0.2, 0) is 0 Å². The van der Waals surface area contributed by atoms with E-state index in [4.69, 9.17) is 14.2 Å². The molecule has 0 bridgehead atoms. The highest BCUT2D eigenvalue weighted by atomic mass is 16.7. The summed E-state index contributed by atoms with van der Waals surface area (Å²) in [5.41, 5.74) is 0.909. The van der Waals surface area contributed by atoms with Crippen molar-refractivity contribution in [3.8, 4) is 28.7 Å². The molecule has 0 saturated heterocycles. The van der Waals surface area contributed by atoms with Gasteiger partial charge in [-0.15, -0.1) is 0 Å². The minimum absolute atomic E-state index is 0.0306. The molecule has 0 fully saturated rings. The Labute approximate surface area is 124 Å². The van der Waals surface area contributed by atoms with Crippen LogP contribution in [0.5, 0.6) is 28.7 Å². The molecule has 0 aromatic heterocycles. The molecule has 2 N–H and O–H groups in total. The number of aromatic hydroxyl groups is 2. The van der Waals surface area contributed by atoms with E-state index in [9.17, 15) is 15.0 Å². The summed E-state index contributed by atoms with van der Waals surface area (Å²) in [5.74, 6) is 0.134. The van der Waals surface area contributed by atoms with Gasteiger partial charge in [0.25, 0.3) is 0 Å². The molecular formula is C16H10O6. The summed E-state index contributed by atoms with van der Waals surface area (Å²) in [6.45, 7) is 0.170. The molecule has 22 heavy (non-hydrogen) atoms. The van der Waals surface area contributed by atoms with Crippen molar-refractivity contribution in [2.45, 2.75) is 0 Å². The van der Waals surface area contributed by atoms with Gasteiger partial charge in [-0.1, -0.05) is 6.07 Å². The van der Waals surface area contributed by atoms with E-state index in [1.807, 2.05) is 0 Å². The molecule has 6 heteroatoms. The zero-order chi connectivity index (χ0) is 15.3. The number of rotatable bonds is 1. The van der Waals surface area contributed by atoms with Crippen LogP contribution >= 0.6 is 0 Å². The van der Waals surface area contributed by atoms with E-state index in [1.54, 1.807) is 24.3 Å². The molecule has 0 atom stereocenters. The second kappa shape index (κ2) is 4.42. The number of carbonyl (C=O) groups is 1. The lowest BCUT2D eigenvalue weighted by atomic mass is 10.1. The summed E-state index contributed by atoms with van der Waals surface area (Å²) in [7, 11) is 0. The lowest BCUT2D eigenvalue weighted by Crippen LogP contribution is -1.97. The Morgan fingerprint density at radius 2 is 1.86 bits per heavy atom. The van der Waals surface area contributed by atoms with Crippen molar-refractivity contribution in [3.05, 3.63) is 47.2 Å². The van der Waals surface area contributed by atoms with Gasteiger partial charge in [-0.25, -0.2) is 0 Å². The van der Waals surface area contributed by atoms with Crippen LogP contribution < -0.4 is 14.2 Å². The first kappa shape index (κ1) is 12.6. The zero-order valence-electron chi connectivity index (χ0n) is 11.2. The molecule has 2 aliphatic heterocycles. The number of benzene rings is 2. The van der Waals surface area contributed by atoms with Gasteiger partial charge in [0.1, 0.15) is 0 Å². The third kappa shape index (κ3) is 1.77. The Hall–Kier alpha value is -3.15. The summed E-state index contributed by atoms with van der Waals surface area (Å²) in [6, 6.07) is 7.89. The summed E-state index contributed by atoms with van der Waals surface area (Å²) in [6.07, 6.45) is 1.54. The van der Waals surface area contributed by atoms with Crippen LogP contribution in [-0.4, -0.2) is 22.8 Å². The Balaban J connectivity index is 1.73. The second-order valence-electron chi connectivity index (χ2n) is 4.86. The molecule has 0 spiro atoms. The molecule has 2 aromatic carbocycles. The van der Waals surface area contributed by atoms with E-state index in [1.165, 1.54) is 12.1 Å². The maximum atomic E-state index is 12.3. The van der Waals surface area contributed by atoms with Crippen LogP contribution in [0.4, 0.5) is 0 Å². The van der Waals surface area contributed by atoms with Crippen molar-refractivity contribution in [2.24, 2.45) is 0 Å². The van der Waals surface area contributed by atoms with E-state index in [2.05, 4.69) is 0 Å². The Kier molecular flexibility index (Phi) is 2.53. The van der Waals surface area contributed by atoms with Crippen LogP contribution in [0.3, 0.4) is 0 Å². The maximum absolute atomic E-state index is 12.3. The fourth-order valence-electron chi connectivity index (χ4n) is 2.38. The third-order valence-corrected chi connectivity index (χ3v) is 3.49. The molecule has 0 aliphatic carbocycles. The van der Waals surface area contributed by atoms with Gasteiger partial charge in [-0.05, 0) is 35.9 Å². The number of phenolic OH excluding ortho intramolecular Hbond substituents is 2. The molecule has 0 amide bonds. The van der Waals surface area contributed by atoms with Crippen LogP contribution in [0.2, 0.25) is 0 Å². The molecule has 2 heterocycles. The standard InChI is InChI=1S/C16H10O6/c17-10-3-2-9-14(18)13(22-16(9)15(10)19)6-8-1-4-11-12(5-8)21-7-20-11/h1-6,17,19H,7H2/b13-6-. The number of ether oxygens (including phenoxy) is 3. The Bertz CT molecular complexity index is 837. The van der Waals surface area contributed by atoms with Crippen LogP contribution in [0.15, 0.2) is 36.1 Å². The summed E-state index contributed by atoms with van der Waals surface area (Å²) >= 11 is 0. The lowest BCUT2D eigenvalue weighted by molar-refractivity contribution is 0.101. The first-order valence-electron chi connectivity index (χ1n) is 6.52. The highest BCUT2D eigenvalue weighted by Gasteiger charge is 2.31. The van der Waals surface area contributed by atoms with E-state index in [0.29, 0.717) is 17.1 Å². The molecule has 6 nitrogen and oxygen atoms in total. The van der Waals surface area contributed by atoms with Gasteiger partial charge in [-0.2, -0.15) is 0 Å². The van der Waals surface area contributed by atoms with Crippen LogP contribution in [0, 0.1) is 0 Å².